The van der Waals surface area contributed by atoms with Gasteiger partial charge in [-0.3, -0.25) is 4.79 Å². The highest BCUT2D eigenvalue weighted by Crippen LogP contribution is 2.24. The lowest BCUT2D eigenvalue weighted by Crippen LogP contribution is -1.86. The van der Waals surface area contributed by atoms with Crippen molar-refractivity contribution in [1.82, 2.24) is 0 Å². The standard InChI is InChI=1S/C7H3N2O2/c10-7-5-3-1-2-4-6(5)9(11)8-7/h1,3-4H. The molecule has 1 amide bonds. The first-order valence-corrected chi connectivity index (χ1v) is 3.02. The number of nitrogens with zero attached hydrogens (tertiary/aromatic N) is 2. The van der Waals surface area contributed by atoms with Crippen LogP contribution in [0.1, 0.15) is 10.4 Å². The summed E-state index contributed by atoms with van der Waals surface area (Å²) >= 11 is 0. The van der Waals surface area contributed by atoms with Gasteiger partial charge >= 0.3 is 5.91 Å². The van der Waals surface area contributed by atoms with E-state index in [1.807, 2.05) is 0 Å². The Labute approximate surface area is 62.4 Å². The summed E-state index contributed by atoms with van der Waals surface area (Å²) in [5.41, 5.74) is 0.622. The van der Waals surface area contributed by atoms with Crippen LogP contribution in [0.2, 0.25) is 0 Å². The maximum atomic E-state index is 10.9. The molecule has 53 valence electrons. The second kappa shape index (κ2) is 1.88. The van der Waals surface area contributed by atoms with Crippen LogP contribution in [-0.2, 0) is 0 Å². The van der Waals surface area contributed by atoms with Gasteiger partial charge in [0, 0.05) is 6.07 Å². The molecule has 0 atom stereocenters. The number of fused-ring (bicyclic) bond motifs is 1. The summed E-state index contributed by atoms with van der Waals surface area (Å²) in [5.74, 6) is -0.482. The molecule has 11 heavy (non-hydrogen) atoms. The highest BCUT2D eigenvalue weighted by atomic mass is 16.5. The van der Waals surface area contributed by atoms with Gasteiger partial charge < -0.3 is 5.21 Å². The fourth-order valence-corrected chi connectivity index (χ4v) is 0.951. The number of hydrogen-bond acceptors (Lipinski definition) is 2. The Bertz CT molecular complexity index is 357. The lowest BCUT2D eigenvalue weighted by molar-refractivity contribution is -0.429. The van der Waals surface area contributed by atoms with Crippen molar-refractivity contribution in [2.75, 3.05) is 0 Å². The Morgan fingerprint density at radius 2 is 2.45 bits per heavy atom. The monoisotopic (exact) mass is 147 g/mol. The van der Waals surface area contributed by atoms with E-state index < -0.39 is 5.91 Å². The van der Waals surface area contributed by atoms with E-state index in [1.54, 1.807) is 6.07 Å². The van der Waals surface area contributed by atoms with Gasteiger partial charge in [-0.2, -0.15) is 0 Å². The Kier molecular flexibility index (Phi) is 1.03. The predicted molar refractivity (Wildman–Crippen MR) is 35.3 cm³/mol. The second-order valence-corrected chi connectivity index (χ2v) is 2.12. The zero-order chi connectivity index (χ0) is 7.84. The molecule has 0 spiro atoms. The van der Waals surface area contributed by atoms with E-state index in [0.29, 0.717) is 10.4 Å². The van der Waals surface area contributed by atoms with Gasteiger partial charge in [0.25, 0.3) is 5.69 Å². The van der Waals surface area contributed by atoms with Gasteiger partial charge in [-0.15, -0.1) is 0 Å². The van der Waals surface area contributed by atoms with E-state index in [9.17, 15) is 10.0 Å². The first-order chi connectivity index (χ1) is 5.29. The quantitative estimate of drug-likeness (QED) is 0.409. The van der Waals surface area contributed by atoms with E-state index in [-0.39, 0.29) is 5.69 Å². The largest absolute Gasteiger partial charge is 0.594 e. The van der Waals surface area contributed by atoms with Crippen LogP contribution in [0.15, 0.2) is 23.3 Å². The van der Waals surface area contributed by atoms with Gasteiger partial charge in [-0.1, -0.05) is 6.07 Å². The van der Waals surface area contributed by atoms with Gasteiger partial charge in [0.2, 0.25) is 0 Å². The third-order valence-electron chi connectivity index (χ3n) is 1.46. The molecule has 1 aromatic carbocycles. The fraction of sp³-hybridized carbons (Fsp3) is 0. The van der Waals surface area contributed by atoms with Gasteiger partial charge in [-0.25, -0.2) is 0 Å². The molecule has 0 unspecified atom stereocenters. The Morgan fingerprint density at radius 3 is 3.18 bits per heavy atom. The molecule has 1 radical (unpaired) electrons. The molecular formula is C7H3N2O2. The molecule has 0 fully saturated rings. The summed E-state index contributed by atoms with van der Waals surface area (Å²) in [7, 11) is 0. The minimum absolute atomic E-state index is 0.275. The molecule has 1 aliphatic heterocycles. The van der Waals surface area contributed by atoms with Crippen molar-refractivity contribution < 1.29 is 9.66 Å². The number of hydrogen-bond donors (Lipinski definition) is 0. The number of benzene rings is 1. The maximum absolute atomic E-state index is 10.9. The molecule has 1 heterocycles. The fourth-order valence-electron chi connectivity index (χ4n) is 0.951. The van der Waals surface area contributed by atoms with Crippen molar-refractivity contribution in [1.29, 1.82) is 0 Å². The van der Waals surface area contributed by atoms with Crippen LogP contribution < -0.4 is 0 Å². The number of carbonyl (C=O) groups excluding carboxylic acids is 1. The van der Waals surface area contributed by atoms with Gasteiger partial charge in [0.1, 0.15) is 5.56 Å². The topological polar surface area (TPSA) is 55.5 Å². The van der Waals surface area contributed by atoms with Crippen LogP contribution in [-0.4, -0.2) is 10.8 Å². The first-order valence-electron chi connectivity index (χ1n) is 3.02. The number of amides is 1. The summed E-state index contributed by atoms with van der Waals surface area (Å²) in [5, 5.41) is 14.0. The van der Waals surface area contributed by atoms with E-state index in [2.05, 4.69) is 11.2 Å². The molecule has 0 bridgehead atoms. The van der Waals surface area contributed by atoms with Crippen LogP contribution in [0.4, 0.5) is 5.69 Å². The summed E-state index contributed by atoms with van der Waals surface area (Å²) in [6.45, 7) is 0. The number of carbonyl (C=O) groups is 1. The Hall–Kier alpha value is -1.71. The molecule has 4 nitrogen and oxygen atoms in total. The molecule has 0 aromatic heterocycles. The van der Waals surface area contributed by atoms with Crippen LogP contribution in [0.3, 0.4) is 0 Å². The summed E-state index contributed by atoms with van der Waals surface area (Å²) in [4.78, 5) is 11.2. The summed E-state index contributed by atoms with van der Waals surface area (Å²) < 4.78 is 0. The van der Waals surface area contributed by atoms with E-state index in [0.717, 1.165) is 0 Å². The average molecular weight is 147 g/mol. The smallest absolute Gasteiger partial charge is 0.347 e. The molecule has 2 rings (SSSR count). The van der Waals surface area contributed by atoms with E-state index in [1.165, 1.54) is 12.1 Å². The minimum Gasteiger partial charge on any atom is -0.594 e. The predicted octanol–water partition coefficient (Wildman–Crippen LogP) is 1.23. The van der Waals surface area contributed by atoms with E-state index in [4.69, 9.17) is 0 Å². The summed E-state index contributed by atoms with van der Waals surface area (Å²) in [6, 6.07) is 7.23. The van der Waals surface area contributed by atoms with Gasteiger partial charge in [0.15, 0.2) is 0 Å². The Balaban J connectivity index is 2.71. The Morgan fingerprint density at radius 1 is 1.64 bits per heavy atom. The molecule has 4 heteroatoms. The normalized spacial score (nSPS) is 14.5. The van der Waals surface area contributed by atoms with Crippen molar-refractivity contribution in [3.8, 4) is 0 Å². The second-order valence-electron chi connectivity index (χ2n) is 2.12. The van der Waals surface area contributed by atoms with Crippen LogP contribution in [0, 0.1) is 11.3 Å². The van der Waals surface area contributed by atoms with Crippen LogP contribution in [0.25, 0.3) is 0 Å². The van der Waals surface area contributed by atoms with Crippen molar-refractivity contribution in [3.63, 3.8) is 0 Å². The van der Waals surface area contributed by atoms with E-state index >= 15 is 0 Å². The van der Waals surface area contributed by atoms with Gasteiger partial charge in [-0.05, 0) is 17.0 Å². The van der Waals surface area contributed by atoms with Crippen molar-refractivity contribution >= 4 is 11.6 Å². The van der Waals surface area contributed by atoms with Crippen molar-refractivity contribution in [2.24, 2.45) is 5.11 Å². The maximum Gasteiger partial charge on any atom is 0.347 e. The molecular weight excluding hydrogens is 144 g/mol. The number of azo groups is 1. The SMILES string of the molecule is O=C1N=[N+]([O-])c2c[c]ccc21. The highest BCUT2D eigenvalue weighted by Gasteiger charge is 2.26. The lowest BCUT2D eigenvalue weighted by Gasteiger charge is -1.91. The zero-order valence-electron chi connectivity index (χ0n) is 5.44. The molecule has 0 saturated carbocycles. The third kappa shape index (κ3) is 0.724. The highest BCUT2D eigenvalue weighted by molar-refractivity contribution is 5.99. The lowest BCUT2D eigenvalue weighted by atomic mass is 10.2. The van der Waals surface area contributed by atoms with Crippen molar-refractivity contribution in [3.05, 3.63) is 35.0 Å². The average Bonchev–Trinajstić information content (AvgIpc) is 2.30. The third-order valence-corrected chi connectivity index (χ3v) is 1.46. The molecule has 0 N–H and O–H groups in total. The summed E-state index contributed by atoms with van der Waals surface area (Å²) in [6.07, 6.45) is 0. The molecule has 1 aromatic rings. The van der Waals surface area contributed by atoms with Gasteiger partial charge in [0.05, 0.1) is 5.11 Å². The molecule has 0 aliphatic carbocycles. The van der Waals surface area contributed by atoms with Crippen LogP contribution in [0.5, 0.6) is 0 Å². The van der Waals surface area contributed by atoms with Crippen molar-refractivity contribution in [2.45, 2.75) is 0 Å². The van der Waals surface area contributed by atoms with Crippen LogP contribution >= 0.6 is 0 Å². The molecule has 0 saturated heterocycles. The number of rotatable bonds is 0. The zero-order valence-corrected chi connectivity index (χ0v) is 5.44. The minimum atomic E-state index is -0.482. The molecule has 1 aliphatic rings. The first kappa shape index (κ1) is 6.03.